The third-order valence-electron chi connectivity index (χ3n) is 2.73. The van der Waals surface area contributed by atoms with Crippen molar-refractivity contribution < 1.29 is 22.7 Å². The van der Waals surface area contributed by atoms with Gasteiger partial charge in [0, 0.05) is 14.1 Å². The molecule has 1 aromatic carbocycles. The van der Waals surface area contributed by atoms with Crippen LogP contribution in [-0.2, 0) is 4.79 Å². The maximum Gasteiger partial charge on any atom is 0.407 e. The minimum absolute atomic E-state index is 0.0323. The van der Waals surface area contributed by atoms with Gasteiger partial charge in [-0.15, -0.1) is 0 Å². The van der Waals surface area contributed by atoms with E-state index in [1.807, 2.05) is 0 Å². The minimum atomic E-state index is -4.48. The first-order chi connectivity index (χ1) is 9.25. The number of ether oxygens (including phenoxy) is 1. The Balaban J connectivity index is 2.86. The van der Waals surface area contributed by atoms with E-state index in [4.69, 9.17) is 4.74 Å². The third kappa shape index (κ3) is 4.41. The van der Waals surface area contributed by atoms with Crippen LogP contribution in [-0.4, -0.2) is 44.7 Å². The molecule has 1 aromatic rings. The first-order valence-electron chi connectivity index (χ1n) is 5.90. The topological polar surface area (TPSA) is 41.6 Å². The number of amides is 1. The number of alkyl halides is 3. The molecule has 0 aliphatic rings. The Morgan fingerprint density at radius 1 is 1.30 bits per heavy atom. The predicted octanol–water partition coefficient (Wildman–Crippen LogP) is 1.98. The van der Waals surface area contributed by atoms with Gasteiger partial charge in [0.05, 0.1) is 13.7 Å². The van der Waals surface area contributed by atoms with Gasteiger partial charge in [-0.1, -0.05) is 12.1 Å². The van der Waals surface area contributed by atoms with E-state index in [0.717, 1.165) is 0 Å². The van der Waals surface area contributed by atoms with Gasteiger partial charge in [0.25, 0.3) is 0 Å². The largest absolute Gasteiger partial charge is 0.497 e. The van der Waals surface area contributed by atoms with Crippen molar-refractivity contribution in [3.63, 3.8) is 0 Å². The lowest BCUT2D eigenvalue weighted by Crippen LogP contribution is -2.40. The molecule has 4 nitrogen and oxygen atoms in total. The number of methoxy groups -OCH3 is 1. The van der Waals surface area contributed by atoms with E-state index in [9.17, 15) is 18.0 Å². The molecule has 1 unspecified atom stereocenters. The summed E-state index contributed by atoms with van der Waals surface area (Å²) in [5.41, 5.74) is 0.0323. The fourth-order valence-electron chi connectivity index (χ4n) is 1.57. The van der Waals surface area contributed by atoms with Gasteiger partial charge in [0.1, 0.15) is 11.8 Å². The second-order valence-corrected chi connectivity index (χ2v) is 4.42. The summed E-state index contributed by atoms with van der Waals surface area (Å²) < 4.78 is 44.0. The van der Waals surface area contributed by atoms with Gasteiger partial charge >= 0.3 is 6.18 Å². The predicted molar refractivity (Wildman–Crippen MR) is 68.5 cm³/mol. The van der Waals surface area contributed by atoms with Crippen LogP contribution in [0.3, 0.4) is 0 Å². The van der Waals surface area contributed by atoms with Crippen molar-refractivity contribution in [2.24, 2.45) is 0 Å². The molecule has 0 aliphatic carbocycles. The monoisotopic (exact) mass is 290 g/mol. The van der Waals surface area contributed by atoms with E-state index in [2.05, 4.69) is 5.32 Å². The molecular formula is C13H17F3N2O2. The summed E-state index contributed by atoms with van der Waals surface area (Å²) in [5.74, 6) is 0.0480. The Morgan fingerprint density at radius 2 is 1.85 bits per heavy atom. The first kappa shape index (κ1) is 16.3. The normalized spacial score (nSPS) is 12.9. The molecule has 1 N–H and O–H groups in total. The molecule has 0 spiro atoms. The second kappa shape index (κ2) is 6.60. The van der Waals surface area contributed by atoms with Gasteiger partial charge in [-0.25, -0.2) is 0 Å². The number of nitrogens with one attached hydrogen (secondary N) is 1. The minimum Gasteiger partial charge on any atom is -0.497 e. The van der Waals surface area contributed by atoms with Crippen molar-refractivity contribution in [2.45, 2.75) is 12.2 Å². The molecule has 0 heterocycles. The molecule has 0 radical (unpaired) electrons. The van der Waals surface area contributed by atoms with E-state index in [1.54, 1.807) is 0 Å². The van der Waals surface area contributed by atoms with E-state index in [1.165, 1.54) is 50.4 Å². The molecule has 0 aliphatic heterocycles. The van der Waals surface area contributed by atoms with Gasteiger partial charge in [0.15, 0.2) is 0 Å². The number of carbonyl (C=O) groups excluding carboxylic acids is 1. The zero-order valence-corrected chi connectivity index (χ0v) is 11.5. The number of carbonyl (C=O) groups is 1. The Kier molecular flexibility index (Phi) is 5.38. The summed E-state index contributed by atoms with van der Waals surface area (Å²) in [6, 6.07) is 3.65. The van der Waals surface area contributed by atoms with E-state index >= 15 is 0 Å². The molecule has 0 aromatic heterocycles. The lowest BCUT2D eigenvalue weighted by molar-refractivity contribution is -0.158. The number of halogens is 3. The average Bonchev–Trinajstić information content (AvgIpc) is 2.37. The van der Waals surface area contributed by atoms with Crippen molar-refractivity contribution in [3.8, 4) is 5.75 Å². The number of likely N-dealkylation sites (N-methyl/N-ethyl adjacent to an activating group) is 1. The molecular weight excluding hydrogens is 273 g/mol. The Morgan fingerprint density at radius 3 is 2.25 bits per heavy atom. The molecule has 112 valence electrons. The molecule has 0 saturated carbocycles. The van der Waals surface area contributed by atoms with Gasteiger partial charge < -0.3 is 9.64 Å². The highest BCUT2D eigenvalue weighted by Gasteiger charge is 2.40. The molecule has 7 heteroatoms. The molecule has 0 saturated heterocycles. The van der Waals surface area contributed by atoms with E-state index in [-0.39, 0.29) is 12.1 Å². The average molecular weight is 290 g/mol. The summed E-state index contributed by atoms with van der Waals surface area (Å²) in [7, 11) is 4.41. The molecule has 0 bridgehead atoms. The van der Waals surface area contributed by atoms with Crippen molar-refractivity contribution in [2.75, 3.05) is 27.7 Å². The van der Waals surface area contributed by atoms with Crippen molar-refractivity contribution >= 4 is 5.91 Å². The summed E-state index contributed by atoms with van der Waals surface area (Å²) in [5, 5.41) is 2.24. The third-order valence-corrected chi connectivity index (χ3v) is 2.73. The van der Waals surface area contributed by atoms with Gasteiger partial charge in [-0.05, 0) is 17.7 Å². The van der Waals surface area contributed by atoms with Crippen LogP contribution in [0.2, 0.25) is 0 Å². The number of nitrogens with zero attached hydrogens (tertiary/aromatic N) is 1. The van der Waals surface area contributed by atoms with Crippen LogP contribution in [0, 0.1) is 0 Å². The number of hydrogen-bond acceptors (Lipinski definition) is 3. The fourth-order valence-corrected chi connectivity index (χ4v) is 1.57. The zero-order valence-electron chi connectivity index (χ0n) is 11.5. The van der Waals surface area contributed by atoms with Crippen molar-refractivity contribution in [1.82, 2.24) is 10.2 Å². The van der Waals surface area contributed by atoms with Crippen molar-refractivity contribution in [1.29, 1.82) is 0 Å². The maximum absolute atomic E-state index is 13.0. The molecule has 20 heavy (non-hydrogen) atoms. The van der Waals surface area contributed by atoms with Crippen LogP contribution >= 0.6 is 0 Å². The van der Waals surface area contributed by atoms with Crippen LogP contribution in [0.15, 0.2) is 24.3 Å². The number of hydrogen-bond donors (Lipinski definition) is 1. The number of benzene rings is 1. The van der Waals surface area contributed by atoms with Gasteiger partial charge in [0.2, 0.25) is 5.91 Å². The first-order valence-corrected chi connectivity index (χ1v) is 5.90. The van der Waals surface area contributed by atoms with Crippen molar-refractivity contribution in [3.05, 3.63) is 29.8 Å². The fraction of sp³-hybridized carbons (Fsp3) is 0.462. The Bertz CT molecular complexity index is 444. The second-order valence-electron chi connectivity index (χ2n) is 4.42. The SMILES string of the molecule is COc1ccc(C(NCC(=O)N(C)C)C(F)(F)F)cc1. The maximum atomic E-state index is 13.0. The highest BCUT2D eigenvalue weighted by atomic mass is 19.4. The van der Waals surface area contributed by atoms with Crippen LogP contribution in [0.1, 0.15) is 11.6 Å². The summed E-state index contributed by atoms with van der Waals surface area (Å²) in [6.07, 6.45) is -4.48. The summed E-state index contributed by atoms with van der Waals surface area (Å²) in [4.78, 5) is 12.6. The van der Waals surface area contributed by atoms with Crippen LogP contribution < -0.4 is 10.1 Å². The smallest absolute Gasteiger partial charge is 0.407 e. The van der Waals surface area contributed by atoms with E-state index in [0.29, 0.717) is 5.75 Å². The number of rotatable bonds is 5. The van der Waals surface area contributed by atoms with Crippen LogP contribution in [0.4, 0.5) is 13.2 Å². The van der Waals surface area contributed by atoms with Gasteiger partial charge in [-0.2, -0.15) is 13.2 Å². The van der Waals surface area contributed by atoms with Gasteiger partial charge in [-0.3, -0.25) is 10.1 Å². The molecule has 1 rings (SSSR count). The summed E-state index contributed by atoms with van der Waals surface area (Å²) in [6.45, 7) is -0.386. The molecule has 1 atom stereocenters. The van der Waals surface area contributed by atoms with Crippen LogP contribution in [0.5, 0.6) is 5.75 Å². The molecule has 0 fully saturated rings. The van der Waals surface area contributed by atoms with E-state index < -0.39 is 18.1 Å². The van der Waals surface area contributed by atoms with Crippen LogP contribution in [0.25, 0.3) is 0 Å². The quantitative estimate of drug-likeness (QED) is 0.901. The highest BCUT2D eigenvalue weighted by molar-refractivity contribution is 5.77. The summed E-state index contributed by atoms with van der Waals surface area (Å²) >= 11 is 0. The Labute approximate surface area is 115 Å². The zero-order chi connectivity index (χ0) is 15.3. The lowest BCUT2D eigenvalue weighted by Gasteiger charge is -2.23. The lowest BCUT2D eigenvalue weighted by atomic mass is 10.1. The Hall–Kier alpha value is -1.76. The molecule has 1 amide bonds. The standard InChI is InChI=1S/C13H17F3N2O2/c1-18(2)11(19)8-17-12(13(14,15)16)9-4-6-10(20-3)7-5-9/h4-7,12,17H,8H2,1-3H3. The highest BCUT2D eigenvalue weighted by Crippen LogP contribution is 2.33.